The Balaban J connectivity index is 2.49. The number of fused-ring (bicyclic) bond motifs is 1. The number of Topliss-reactive ketones (excluding diaryl/α,β-unsaturated/α-hetero) is 1. The highest BCUT2D eigenvalue weighted by Gasteiger charge is 2.49. The fourth-order valence-corrected chi connectivity index (χ4v) is 2.24. The Kier molecular flexibility index (Phi) is 4.71. The molecule has 0 radical (unpaired) electrons. The Morgan fingerprint density at radius 3 is 2.61 bits per heavy atom. The molecule has 1 aliphatic rings. The van der Waals surface area contributed by atoms with Gasteiger partial charge in [-0.15, -0.1) is 0 Å². The lowest BCUT2D eigenvalue weighted by molar-refractivity contribution is -0.0500. The molecule has 128 valence electrons. The Labute approximate surface area is 129 Å². The molecule has 0 amide bonds. The molecular weight excluding hydrogens is 345 g/mol. The number of ketones is 1. The highest BCUT2D eigenvalue weighted by atomic mass is 32.2. The molecule has 2 rings (SSSR count). The van der Waals surface area contributed by atoms with E-state index in [-0.39, 0.29) is 36.9 Å². The monoisotopic (exact) mass is 356 g/mol. The van der Waals surface area contributed by atoms with Gasteiger partial charge in [-0.25, -0.2) is 0 Å². The number of benzene rings is 1. The van der Waals surface area contributed by atoms with Gasteiger partial charge in [0.1, 0.15) is 17.1 Å². The molecule has 1 aromatic rings. The van der Waals surface area contributed by atoms with Gasteiger partial charge in [0.25, 0.3) is 0 Å². The fourth-order valence-electron chi connectivity index (χ4n) is 1.77. The molecule has 0 aromatic heterocycles. The van der Waals surface area contributed by atoms with Crippen LogP contribution in [0, 0.1) is 0 Å². The largest absolute Gasteiger partial charge is 0.534 e. The summed E-state index contributed by atoms with van der Waals surface area (Å²) in [6.45, 7) is -0.247. The minimum absolute atomic E-state index is 0.00499. The zero-order valence-corrected chi connectivity index (χ0v) is 12.5. The number of halogens is 3. The molecule has 1 aromatic carbocycles. The minimum Gasteiger partial charge on any atom is -0.492 e. The SMILES string of the molecule is COCOc1cc2c(c(OS(=O)(=O)C(F)(F)F)c1)C(=O)CCO2. The van der Waals surface area contributed by atoms with E-state index in [1.54, 1.807) is 0 Å². The lowest BCUT2D eigenvalue weighted by Crippen LogP contribution is -2.29. The molecule has 0 atom stereocenters. The van der Waals surface area contributed by atoms with Gasteiger partial charge in [-0.05, 0) is 0 Å². The number of hydrogen-bond acceptors (Lipinski definition) is 7. The minimum atomic E-state index is -5.94. The van der Waals surface area contributed by atoms with Crippen molar-refractivity contribution in [2.45, 2.75) is 11.9 Å². The van der Waals surface area contributed by atoms with Crippen molar-refractivity contribution in [2.75, 3.05) is 20.5 Å². The van der Waals surface area contributed by atoms with E-state index >= 15 is 0 Å². The van der Waals surface area contributed by atoms with Crippen molar-refractivity contribution >= 4 is 15.9 Å². The van der Waals surface area contributed by atoms with E-state index in [4.69, 9.17) is 9.47 Å². The highest BCUT2D eigenvalue weighted by Crippen LogP contribution is 2.39. The van der Waals surface area contributed by atoms with Crippen LogP contribution in [0.5, 0.6) is 17.2 Å². The molecule has 7 nitrogen and oxygen atoms in total. The van der Waals surface area contributed by atoms with Crippen LogP contribution < -0.4 is 13.7 Å². The van der Waals surface area contributed by atoms with Gasteiger partial charge in [-0.3, -0.25) is 4.79 Å². The summed E-state index contributed by atoms with van der Waals surface area (Å²) in [5.74, 6) is -1.61. The number of carbonyl (C=O) groups is 1. The second-order valence-electron chi connectivity index (χ2n) is 4.35. The Bertz CT molecular complexity index is 712. The summed E-state index contributed by atoms with van der Waals surface area (Å²) in [5.41, 5.74) is -6.02. The van der Waals surface area contributed by atoms with E-state index in [0.717, 1.165) is 6.07 Å². The van der Waals surface area contributed by atoms with Crippen LogP contribution in [0.2, 0.25) is 0 Å². The molecule has 0 saturated carbocycles. The third-order valence-corrected chi connectivity index (χ3v) is 3.70. The van der Waals surface area contributed by atoms with Crippen molar-refractivity contribution < 1.29 is 44.8 Å². The number of alkyl halides is 3. The van der Waals surface area contributed by atoms with Gasteiger partial charge < -0.3 is 18.4 Å². The lowest BCUT2D eigenvalue weighted by Gasteiger charge is -2.20. The van der Waals surface area contributed by atoms with E-state index in [2.05, 4.69) is 8.92 Å². The van der Waals surface area contributed by atoms with E-state index in [1.807, 2.05) is 0 Å². The quantitative estimate of drug-likeness (QED) is 0.452. The summed E-state index contributed by atoms with van der Waals surface area (Å²) < 4.78 is 78.7. The smallest absolute Gasteiger partial charge is 0.492 e. The molecule has 23 heavy (non-hydrogen) atoms. The van der Waals surface area contributed by atoms with Crippen molar-refractivity contribution in [3.8, 4) is 17.2 Å². The topological polar surface area (TPSA) is 88.1 Å². The molecular formula is C12H11F3O7S. The van der Waals surface area contributed by atoms with Gasteiger partial charge in [0.2, 0.25) is 0 Å². The normalized spacial score (nSPS) is 14.9. The Morgan fingerprint density at radius 2 is 2.00 bits per heavy atom. The van der Waals surface area contributed by atoms with E-state index < -0.39 is 27.2 Å². The Morgan fingerprint density at radius 1 is 1.30 bits per heavy atom. The van der Waals surface area contributed by atoms with Crippen molar-refractivity contribution in [3.63, 3.8) is 0 Å². The van der Waals surface area contributed by atoms with E-state index in [0.29, 0.717) is 0 Å². The van der Waals surface area contributed by atoms with E-state index in [1.165, 1.54) is 13.2 Å². The average molecular weight is 356 g/mol. The van der Waals surface area contributed by atoms with Crippen LogP contribution in [0.1, 0.15) is 16.8 Å². The first-order chi connectivity index (χ1) is 10.7. The van der Waals surface area contributed by atoms with Crippen LogP contribution >= 0.6 is 0 Å². The van der Waals surface area contributed by atoms with Crippen molar-refractivity contribution in [3.05, 3.63) is 17.7 Å². The second kappa shape index (κ2) is 6.24. The summed E-state index contributed by atoms with van der Waals surface area (Å²) in [6.07, 6.45) is -0.117. The standard InChI is InChI=1S/C12H11F3O7S/c1-19-6-21-7-4-9-11(8(16)2-3-20-9)10(5-7)22-23(17,18)12(13,14)15/h4-5H,2-3,6H2,1H3. The maximum Gasteiger partial charge on any atom is 0.534 e. The molecule has 11 heteroatoms. The van der Waals surface area contributed by atoms with Crippen LogP contribution in [0.3, 0.4) is 0 Å². The van der Waals surface area contributed by atoms with Gasteiger partial charge in [-0.1, -0.05) is 0 Å². The van der Waals surface area contributed by atoms with Crippen LogP contribution in [-0.2, 0) is 14.9 Å². The fraction of sp³-hybridized carbons (Fsp3) is 0.417. The molecule has 1 heterocycles. The Hall–Kier alpha value is -2.01. The maximum absolute atomic E-state index is 12.5. The van der Waals surface area contributed by atoms with Crippen LogP contribution in [0.15, 0.2) is 12.1 Å². The summed E-state index contributed by atoms with van der Waals surface area (Å²) in [4.78, 5) is 11.9. The summed E-state index contributed by atoms with van der Waals surface area (Å²) in [7, 11) is -4.63. The molecule has 1 aliphatic heterocycles. The van der Waals surface area contributed by atoms with Gasteiger partial charge in [0, 0.05) is 25.7 Å². The van der Waals surface area contributed by atoms with Crippen LogP contribution in [-0.4, -0.2) is 40.2 Å². The molecule has 0 spiro atoms. The molecule has 0 fully saturated rings. The van der Waals surface area contributed by atoms with Gasteiger partial charge in [0.05, 0.1) is 6.61 Å². The number of carbonyl (C=O) groups excluding carboxylic acids is 1. The predicted molar refractivity (Wildman–Crippen MR) is 69.0 cm³/mol. The molecule has 0 bridgehead atoms. The van der Waals surface area contributed by atoms with E-state index in [9.17, 15) is 26.4 Å². The lowest BCUT2D eigenvalue weighted by atomic mass is 10.0. The van der Waals surface area contributed by atoms with Gasteiger partial charge in [0.15, 0.2) is 18.3 Å². The summed E-state index contributed by atoms with van der Waals surface area (Å²) in [5, 5.41) is 0. The van der Waals surface area contributed by atoms with Crippen LogP contribution in [0.25, 0.3) is 0 Å². The molecule has 0 saturated heterocycles. The third kappa shape index (κ3) is 3.67. The molecule has 0 unspecified atom stereocenters. The first kappa shape index (κ1) is 17.3. The van der Waals surface area contributed by atoms with Crippen molar-refractivity contribution in [2.24, 2.45) is 0 Å². The number of rotatable bonds is 5. The van der Waals surface area contributed by atoms with Gasteiger partial charge in [-0.2, -0.15) is 21.6 Å². The number of hydrogen-bond donors (Lipinski definition) is 0. The zero-order chi connectivity index (χ0) is 17.3. The first-order valence-electron chi connectivity index (χ1n) is 6.12. The third-order valence-electron chi connectivity index (χ3n) is 2.73. The molecule has 0 aliphatic carbocycles. The predicted octanol–water partition coefficient (Wildman–Crippen LogP) is 1.86. The number of ether oxygens (including phenoxy) is 3. The van der Waals surface area contributed by atoms with Crippen molar-refractivity contribution in [1.82, 2.24) is 0 Å². The van der Waals surface area contributed by atoms with Crippen LogP contribution in [0.4, 0.5) is 13.2 Å². The summed E-state index contributed by atoms with van der Waals surface area (Å²) >= 11 is 0. The highest BCUT2D eigenvalue weighted by molar-refractivity contribution is 7.88. The maximum atomic E-state index is 12.5. The zero-order valence-electron chi connectivity index (χ0n) is 11.7. The average Bonchev–Trinajstić information content (AvgIpc) is 2.43. The number of methoxy groups -OCH3 is 1. The first-order valence-corrected chi connectivity index (χ1v) is 7.53. The van der Waals surface area contributed by atoms with Crippen molar-refractivity contribution in [1.29, 1.82) is 0 Å². The van der Waals surface area contributed by atoms with Gasteiger partial charge >= 0.3 is 15.6 Å². The molecule has 0 N–H and O–H groups in total. The second-order valence-corrected chi connectivity index (χ2v) is 5.89. The summed E-state index contributed by atoms with van der Waals surface area (Å²) in [6, 6.07) is 2.09.